The lowest BCUT2D eigenvalue weighted by Crippen LogP contribution is -2.55. The van der Waals surface area contributed by atoms with Crippen molar-refractivity contribution in [3.63, 3.8) is 0 Å². The van der Waals surface area contributed by atoms with Gasteiger partial charge in [-0.15, -0.1) is 11.3 Å². The summed E-state index contributed by atoms with van der Waals surface area (Å²) in [5.74, 6) is 0.0169. The fourth-order valence-corrected chi connectivity index (χ4v) is 6.73. The number of benzene rings is 2. The van der Waals surface area contributed by atoms with Crippen LogP contribution >= 0.6 is 34.5 Å². The second-order valence-electron chi connectivity index (χ2n) is 9.46. The second kappa shape index (κ2) is 10.9. The molecular formula is C28H29Cl2N3O2S. The van der Waals surface area contributed by atoms with E-state index < -0.39 is 0 Å². The summed E-state index contributed by atoms with van der Waals surface area (Å²) in [5.41, 5.74) is 3.08. The van der Waals surface area contributed by atoms with Crippen LogP contribution in [-0.2, 0) is 11.2 Å². The summed E-state index contributed by atoms with van der Waals surface area (Å²) >= 11 is 14.1. The number of thiophene rings is 1. The number of hydrogen-bond donors (Lipinski definition) is 0. The first-order valence-electron chi connectivity index (χ1n) is 12.3. The van der Waals surface area contributed by atoms with Gasteiger partial charge in [0.15, 0.2) is 0 Å². The Labute approximate surface area is 226 Å². The molecule has 2 aliphatic heterocycles. The third kappa shape index (κ3) is 5.18. The van der Waals surface area contributed by atoms with Crippen molar-refractivity contribution < 1.29 is 9.59 Å². The second-order valence-corrected chi connectivity index (χ2v) is 11.3. The number of piperazine rings is 1. The molecule has 0 radical (unpaired) electrons. The number of amides is 2. The predicted molar refractivity (Wildman–Crippen MR) is 146 cm³/mol. The van der Waals surface area contributed by atoms with E-state index in [1.165, 1.54) is 16.0 Å². The van der Waals surface area contributed by atoms with Crippen LogP contribution in [0.2, 0.25) is 10.0 Å². The minimum atomic E-state index is -0.123. The van der Waals surface area contributed by atoms with Crippen molar-refractivity contribution in [3.8, 4) is 0 Å². The average Bonchev–Trinajstić information content (AvgIpc) is 3.36. The minimum Gasteiger partial charge on any atom is -0.339 e. The van der Waals surface area contributed by atoms with Crippen LogP contribution in [0, 0.1) is 0 Å². The van der Waals surface area contributed by atoms with Crippen LogP contribution < -0.4 is 0 Å². The van der Waals surface area contributed by atoms with Crippen molar-refractivity contribution in [2.24, 2.45) is 0 Å². The maximum atomic E-state index is 13.2. The maximum Gasteiger partial charge on any atom is 0.255 e. The zero-order valence-corrected chi connectivity index (χ0v) is 22.5. The molecule has 0 bridgehead atoms. The fraction of sp³-hybridized carbons (Fsp3) is 0.357. The van der Waals surface area contributed by atoms with E-state index in [9.17, 15) is 9.59 Å². The number of hydrogen-bond acceptors (Lipinski definition) is 4. The van der Waals surface area contributed by atoms with Crippen LogP contribution in [0.4, 0.5) is 0 Å². The Balaban J connectivity index is 1.21. The molecule has 0 spiro atoms. The maximum absolute atomic E-state index is 13.2. The molecule has 3 aromatic rings. The summed E-state index contributed by atoms with van der Waals surface area (Å²) in [4.78, 5) is 33.9. The standard InChI is InChI=1S/C28H29Cl2N3O2S/c1-19-18-32(14-15-33(19)28(35)22-8-7-21(29)17-24(22)30)26(34)10-13-31-12-9-25-23(11-16-36-25)27(31)20-5-3-2-4-6-20/h2-8,11,16-17,19,27H,9-10,12-15,18H2,1H3/t19-,27-/m0/s1. The van der Waals surface area contributed by atoms with Crippen molar-refractivity contribution in [2.45, 2.75) is 31.8 Å². The minimum absolute atomic E-state index is 0.0950. The average molecular weight is 543 g/mol. The van der Waals surface area contributed by atoms with Crippen LogP contribution in [0.3, 0.4) is 0 Å². The lowest BCUT2D eigenvalue weighted by molar-refractivity contribution is -0.134. The molecule has 0 N–H and O–H groups in total. The van der Waals surface area contributed by atoms with E-state index in [0.717, 1.165) is 13.0 Å². The van der Waals surface area contributed by atoms with E-state index in [4.69, 9.17) is 23.2 Å². The summed E-state index contributed by atoms with van der Waals surface area (Å²) in [6.45, 7) is 5.17. The van der Waals surface area contributed by atoms with Crippen LogP contribution in [-0.4, -0.2) is 65.3 Å². The zero-order valence-electron chi connectivity index (χ0n) is 20.2. The summed E-state index contributed by atoms with van der Waals surface area (Å²) in [6.07, 6.45) is 1.49. The van der Waals surface area contributed by atoms with Gasteiger partial charge in [-0.3, -0.25) is 14.5 Å². The summed E-state index contributed by atoms with van der Waals surface area (Å²) in [5, 5.41) is 3.02. The van der Waals surface area contributed by atoms with Gasteiger partial charge in [0, 0.05) is 55.1 Å². The number of halogens is 2. The quantitative estimate of drug-likeness (QED) is 0.412. The summed E-state index contributed by atoms with van der Waals surface area (Å²) in [7, 11) is 0. The highest BCUT2D eigenvalue weighted by molar-refractivity contribution is 7.10. The van der Waals surface area contributed by atoms with Gasteiger partial charge in [-0.1, -0.05) is 53.5 Å². The molecule has 1 fully saturated rings. The Morgan fingerprint density at radius 2 is 1.83 bits per heavy atom. The number of carbonyl (C=O) groups is 2. The third-order valence-corrected chi connectivity index (χ3v) is 8.74. The highest BCUT2D eigenvalue weighted by Crippen LogP contribution is 2.37. The Morgan fingerprint density at radius 1 is 1.03 bits per heavy atom. The van der Waals surface area contributed by atoms with E-state index in [-0.39, 0.29) is 23.9 Å². The van der Waals surface area contributed by atoms with Gasteiger partial charge in [-0.25, -0.2) is 0 Å². The molecule has 36 heavy (non-hydrogen) atoms. The third-order valence-electron chi connectivity index (χ3n) is 7.20. The molecule has 2 aliphatic rings. The molecule has 188 valence electrons. The summed E-state index contributed by atoms with van der Waals surface area (Å²) < 4.78 is 0. The van der Waals surface area contributed by atoms with Crippen molar-refractivity contribution in [3.05, 3.63) is 91.6 Å². The van der Waals surface area contributed by atoms with Gasteiger partial charge < -0.3 is 9.80 Å². The van der Waals surface area contributed by atoms with Gasteiger partial charge in [0.1, 0.15) is 0 Å². The first-order valence-corrected chi connectivity index (χ1v) is 13.9. The van der Waals surface area contributed by atoms with Crippen LogP contribution in [0.15, 0.2) is 60.0 Å². The molecule has 2 atom stereocenters. The molecule has 5 nitrogen and oxygen atoms in total. The van der Waals surface area contributed by atoms with E-state index in [0.29, 0.717) is 48.2 Å². The first-order chi connectivity index (χ1) is 17.4. The molecule has 1 saturated heterocycles. The molecule has 2 aromatic carbocycles. The van der Waals surface area contributed by atoms with E-state index in [2.05, 4.69) is 40.6 Å². The normalized spacial score (nSPS) is 20.3. The number of rotatable bonds is 5. The molecule has 0 aliphatic carbocycles. The van der Waals surface area contributed by atoms with Crippen LogP contribution in [0.5, 0.6) is 0 Å². The molecule has 8 heteroatoms. The van der Waals surface area contributed by atoms with E-state index >= 15 is 0 Å². The van der Waals surface area contributed by atoms with Gasteiger partial charge >= 0.3 is 0 Å². The van der Waals surface area contributed by atoms with Gasteiger partial charge in [0.05, 0.1) is 16.6 Å². The van der Waals surface area contributed by atoms with Gasteiger partial charge in [0.2, 0.25) is 5.91 Å². The summed E-state index contributed by atoms with van der Waals surface area (Å²) in [6, 6.07) is 17.8. The van der Waals surface area contributed by atoms with Crippen molar-refractivity contribution in [2.75, 3.05) is 32.7 Å². The Kier molecular flexibility index (Phi) is 7.68. The van der Waals surface area contributed by atoms with Crippen molar-refractivity contribution >= 4 is 46.4 Å². The monoisotopic (exact) mass is 541 g/mol. The topological polar surface area (TPSA) is 43.9 Å². The number of nitrogens with zero attached hydrogens (tertiary/aromatic N) is 3. The fourth-order valence-electron chi connectivity index (χ4n) is 5.34. The molecule has 2 amide bonds. The van der Waals surface area contributed by atoms with E-state index in [1.54, 1.807) is 23.1 Å². The molecule has 1 aromatic heterocycles. The number of carbonyl (C=O) groups excluding carboxylic acids is 2. The van der Waals surface area contributed by atoms with Crippen LogP contribution in [0.25, 0.3) is 0 Å². The SMILES string of the molecule is C[C@H]1CN(C(=O)CCN2CCc3sccc3[C@@H]2c2ccccc2)CCN1C(=O)c1ccc(Cl)cc1Cl. The molecule has 3 heterocycles. The molecule has 0 unspecified atom stereocenters. The van der Waals surface area contributed by atoms with Crippen molar-refractivity contribution in [1.29, 1.82) is 0 Å². The molecule has 5 rings (SSSR count). The largest absolute Gasteiger partial charge is 0.339 e. The highest BCUT2D eigenvalue weighted by Gasteiger charge is 2.33. The molecule has 0 saturated carbocycles. The number of fused-ring (bicyclic) bond motifs is 1. The van der Waals surface area contributed by atoms with Crippen LogP contribution in [0.1, 0.15) is 45.7 Å². The van der Waals surface area contributed by atoms with Crippen molar-refractivity contribution in [1.82, 2.24) is 14.7 Å². The smallest absolute Gasteiger partial charge is 0.255 e. The molecular weight excluding hydrogens is 513 g/mol. The zero-order chi connectivity index (χ0) is 25.2. The van der Waals surface area contributed by atoms with E-state index in [1.807, 2.05) is 29.2 Å². The van der Waals surface area contributed by atoms with Gasteiger partial charge in [-0.2, -0.15) is 0 Å². The highest BCUT2D eigenvalue weighted by atomic mass is 35.5. The lowest BCUT2D eigenvalue weighted by atomic mass is 9.93. The first kappa shape index (κ1) is 25.3. The van der Waals surface area contributed by atoms with Gasteiger partial charge in [-0.05, 0) is 54.1 Å². The Bertz CT molecular complexity index is 1250. The predicted octanol–water partition coefficient (Wildman–Crippen LogP) is 5.77. The Morgan fingerprint density at radius 3 is 2.58 bits per heavy atom. The Hall–Kier alpha value is -2.38. The lowest BCUT2D eigenvalue weighted by Gasteiger charge is -2.41. The van der Waals surface area contributed by atoms with Gasteiger partial charge in [0.25, 0.3) is 5.91 Å².